The summed E-state index contributed by atoms with van der Waals surface area (Å²) in [5, 5.41) is 6.37. The number of methoxy groups -OCH3 is 1. The molecule has 2 amide bonds. The number of carbonyl (C=O) groups excluding carboxylic acids is 3. The zero-order valence-electron chi connectivity index (χ0n) is 35.2. The average Bonchev–Trinajstić information content (AvgIpc) is 3.50. The van der Waals surface area contributed by atoms with Crippen molar-refractivity contribution in [3.8, 4) is 22.6 Å². The Morgan fingerprint density at radius 2 is 1.97 bits per heavy atom. The van der Waals surface area contributed by atoms with Crippen molar-refractivity contribution >= 4 is 40.2 Å². The SMILES string of the molecule is CC[n+]1c(-c2cccnc2[C@H](C)OC)n2c3cc(ccc31)-c1csc(n1)[C@@H](OCCCC(F)(F)F)[C@H](NC(=O)C1[C@@H](C)[C@H]1C)C(=O)N1CCC[C@H](N1)C(=O)OCC(C)(C)C2. The van der Waals surface area contributed by atoms with Crippen molar-refractivity contribution in [2.75, 3.05) is 26.9 Å². The standard InChI is InChI=1S/C43H54F3N7O6S/c1-8-51-31-15-14-27-20-32(31)52(39(51)28-12-9-17-47-34(28)26(4)57-7)22-42(5,6)23-59-41(56)29-13-10-18-53(50-29)40(55)35(49-37(54)33-24(2)25(33)3)36(38-48-30(27)21-60-38)58-19-11-16-43(44,45)46/h9,12,14-15,17,20-21,24-26,29,33,35-36,50H,8,10-11,13,16,18-19,22-23H2,1-7H3/p+1/t24-,25+,26-,29-,33?,35-,36-/m0/s1. The summed E-state index contributed by atoms with van der Waals surface area (Å²) in [5.74, 6) is -0.742. The summed E-state index contributed by atoms with van der Waals surface area (Å²) < 4.78 is 62.3. The molecule has 1 aromatic carbocycles. The maximum absolute atomic E-state index is 14.6. The smallest absolute Gasteiger partial charge is 0.389 e. The maximum atomic E-state index is 14.6. The summed E-state index contributed by atoms with van der Waals surface area (Å²) in [7, 11) is 1.65. The highest BCUT2D eigenvalue weighted by molar-refractivity contribution is 7.10. The predicted molar refractivity (Wildman–Crippen MR) is 218 cm³/mol. The van der Waals surface area contributed by atoms with Gasteiger partial charge in [0.25, 0.3) is 11.7 Å². The summed E-state index contributed by atoms with van der Waals surface area (Å²) in [6, 6.07) is 7.74. The molecule has 17 heteroatoms. The molecular weight excluding hydrogens is 800 g/mol. The molecule has 0 radical (unpaired) electrons. The number of hydrogen-bond acceptors (Lipinski definition) is 10. The molecule has 6 bridgehead atoms. The van der Waals surface area contributed by atoms with Gasteiger partial charge in [-0.15, -0.1) is 11.3 Å². The van der Waals surface area contributed by atoms with Gasteiger partial charge in [0.1, 0.15) is 29.8 Å². The summed E-state index contributed by atoms with van der Waals surface area (Å²) in [6.07, 6.45) is -4.77. The van der Waals surface area contributed by atoms with Gasteiger partial charge in [-0.1, -0.05) is 27.7 Å². The van der Waals surface area contributed by atoms with Crippen LogP contribution < -0.4 is 15.3 Å². The fourth-order valence-corrected chi connectivity index (χ4v) is 9.35. The van der Waals surface area contributed by atoms with Crippen LogP contribution >= 0.6 is 11.3 Å². The minimum absolute atomic E-state index is 0.0665. The number of cyclic esters (lactones) is 1. The Morgan fingerprint density at radius 1 is 1.20 bits per heavy atom. The molecule has 1 aliphatic carbocycles. The van der Waals surface area contributed by atoms with Crippen molar-refractivity contribution in [2.45, 2.75) is 111 Å². The Morgan fingerprint density at radius 3 is 2.67 bits per heavy atom. The Hall–Kier alpha value is -4.45. The summed E-state index contributed by atoms with van der Waals surface area (Å²) in [6.45, 7) is 13.0. The van der Waals surface area contributed by atoms with Crippen molar-refractivity contribution in [1.82, 2.24) is 30.3 Å². The van der Waals surface area contributed by atoms with Crippen molar-refractivity contribution in [3.63, 3.8) is 0 Å². The third kappa shape index (κ3) is 9.09. The molecule has 3 aromatic heterocycles. The molecule has 1 unspecified atom stereocenters. The molecule has 2 N–H and O–H groups in total. The number of nitrogens with one attached hydrogen (secondary N) is 2. The molecule has 13 nitrogen and oxygen atoms in total. The lowest BCUT2D eigenvalue weighted by molar-refractivity contribution is -0.657. The number of halogens is 3. The summed E-state index contributed by atoms with van der Waals surface area (Å²) in [5.41, 5.74) is 7.29. The molecule has 2 fully saturated rings. The first-order chi connectivity index (χ1) is 28.5. The van der Waals surface area contributed by atoms with Crippen LogP contribution in [0, 0.1) is 23.2 Å². The van der Waals surface area contributed by atoms with Gasteiger partial charge in [-0.2, -0.15) is 13.2 Å². The van der Waals surface area contributed by atoms with E-state index < -0.39 is 48.1 Å². The number of thiazole rings is 1. The Balaban J connectivity index is 1.39. The monoisotopic (exact) mass is 854 g/mol. The molecule has 1 saturated heterocycles. The second-order valence-electron chi connectivity index (χ2n) is 17.1. The number of carbonyl (C=O) groups is 3. The zero-order chi connectivity index (χ0) is 43.1. The molecule has 7 rings (SSSR count). The molecule has 324 valence electrons. The van der Waals surface area contributed by atoms with Crippen LogP contribution in [-0.4, -0.2) is 82.5 Å². The van der Waals surface area contributed by atoms with Gasteiger partial charge in [0.05, 0.1) is 36.1 Å². The van der Waals surface area contributed by atoms with Gasteiger partial charge in [0.2, 0.25) is 5.91 Å². The van der Waals surface area contributed by atoms with Crippen molar-refractivity contribution in [3.05, 3.63) is 52.6 Å². The van der Waals surface area contributed by atoms with E-state index in [-0.39, 0.29) is 55.9 Å². The fourth-order valence-electron chi connectivity index (χ4n) is 8.44. The molecule has 60 heavy (non-hydrogen) atoms. The predicted octanol–water partition coefficient (Wildman–Crippen LogP) is 6.71. The quantitative estimate of drug-likeness (QED) is 0.101. The van der Waals surface area contributed by atoms with Crippen LogP contribution in [0.2, 0.25) is 0 Å². The van der Waals surface area contributed by atoms with E-state index >= 15 is 0 Å². The molecule has 0 spiro atoms. The highest BCUT2D eigenvalue weighted by atomic mass is 32.1. The Bertz CT molecular complexity index is 2220. The number of benzene rings is 1. The van der Waals surface area contributed by atoms with Crippen LogP contribution in [0.1, 0.15) is 90.1 Å². The summed E-state index contributed by atoms with van der Waals surface area (Å²) in [4.78, 5) is 51.9. The van der Waals surface area contributed by atoms with Crippen LogP contribution in [0.4, 0.5) is 13.2 Å². The number of esters is 1. The van der Waals surface area contributed by atoms with Crippen LogP contribution in [0.25, 0.3) is 33.7 Å². The normalized spacial score (nSPS) is 25.1. The number of rotatable bonds is 10. The number of aryl methyl sites for hydroxylation is 1. The lowest BCUT2D eigenvalue weighted by Crippen LogP contribution is -2.61. The highest BCUT2D eigenvalue weighted by Gasteiger charge is 2.50. The van der Waals surface area contributed by atoms with Gasteiger partial charge in [-0.05, 0) is 75.3 Å². The number of pyridine rings is 1. The first kappa shape index (κ1) is 43.6. The molecule has 7 atom stereocenters. The van der Waals surface area contributed by atoms with E-state index in [4.69, 9.17) is 24.2 Å². The fraction of sp³-hybridized carbons (Fsp3) is 0.581. The van der Waals surface area contributed by atoms with Gasteiger partial charge in [0.15, 0.2) is 11.0 Å². The van der Waals surface area contributed by atoms with Gasteiger partial charge < -0.3 is 19.5 Å². The molecular formula is C43H55F3N7O6S+. The van der Waals surface area contributed by atoms with Crippen LogP contribution in [0.15, 0.2) is 41.9 Å². The molecule has 1 saturated carbocycles. The number of imidazole rings is 1. The molecule has 3 aliphatic rings. The third-order valence-corrected chi connectivity index (χ3v) is 13.0. The zero-order valence-corrected chi connectivity index (χ0v) is 36.0. The third-order valence-electron chi connectivity index (χ3n) is 12.1. The lowest BCUT2D eigenvalue weighted by atomic mass is 9.94. The van der Waals surface area contributed by atoms with Crippen molar-refractivity contribution in [1.29, 1.82) is 0 Å². The highest BCUT2D eigenvalue weighted by Crippen LogP contribution is 2.46. The van der Waals surface area contributed by atoms with Gasteiger partial charge in [-0.25, -0.2) is 19.5 Å². The number of ether oxygens (including phenoxy) is 3. The van der Waals surface area contributed by atoms with E-state index in [2.05, 4.69) is 26.8 Å². The van der Waals surface area contributed by atoms with Crippen molar-refractivity contribution in [2.24, 2.45) is 23.2 Å². The van der Waals surface area contributed by atoms with Gasteiger partial charge in [-0.3, -0.25) is 24.4 Å². The number of hydrazine groups is 1. The second kappa shape index (κ2) is 17.5. The van der Waals surface area contributed by atoms with E-state index in [0.29, 0.717) is 36.6 Å². The molecule has 4 aromatic rings. The minimum Gasteiger partial charge on any atom is -0.464 e. The van der Waals surface area contributed by atoms with Crippen molar-refractivity contribution < 1.29 is 46.3 Å². The van der Waals surface area contributed by atoms with Crippen LogP contribution in [-0.2, 0) is 41.7 Å². The lowest BCUT2D eigenvalue weighted by Gasteiger charge is -2.37. The Labute approximate surface area is 352 Å². The number of fused-ring (bicyclic) bond motifs is 6. The van der Waals surface area contributed by atoms with Crippen LogP contribution in [0.5, 0.6) is 0 Å². The van der Waals surface area contributed by atoms with E-state index in [0.717, 1.165) is 33.7 Å². The van der Waals surface area contributed by atoms with E-state index in [1.54, 1.807) is 13.3 Å². The van der Waals surface area contributed by atoms with E-state index in [9.17, 15) is 27.6 Å². The number of hydrogen-bond donors (Lipinski definition) is 2. The topological polar surface area (TPSA) is 141 Å². The van der Waals surface area contributed by atoms with Crippen LogP contribution in [0.3, 0.4) is 0 Å². The first-order valence-corrected chi connectivity index (χ1v) is 21.6. The Kier molecular flexibility index (Phi) is 12.7. The number of aromatic nitrogens is 4. The minimum atomic E-state index is -4.40. The largest absolute Gasteiger partial charge is 0.464 e. The maximum Gasteiger partial charge on any atom is 0.389 e. The molecule has 5 heterocycles. The van der Waals surface area contributed by atoms with E-state index in [1.807, 2.05) is 70.3 Å². The average molecular weight is 855 g/mol. The first-order valence-electron chi connectivity index (χ1n) is 20.7. The number of amides is 2. The second-order valence-corrected chi connectivity index (χ2v) is 18.0. The van der Waals surface area contributed by atoms with E-state index in [1.165, 1.54) is 16.3 Å². The molecule has 2 aliphatic heterocycles. The van der Waals surface area contributed by atoms with Gasteiger partial charge >= 0.3 is 12.1 Å². The van der Waals surface area contributed by atoms with Gasteiger partial charge in [0, 0.05) is 55.2 Å². The number of alkyl halides is 3. The number of nitrogens with zero attached hydrogens (tertiary/aromatic N) is 5. The summed E-state index contributed by atoms with van der Waals surface area (Å²) >= 11 is 1.20.